The van der Waals surface area contributed by atoms with E-state index in [9.17, 15) is 14.7 Å². The molecule has 3 aromatic rings. The smallest absolute Gasteiger partial charge is 0.323 e. The Hall–Kier alpha value is -3.31. The number of nitrogens with zero attached hydrogens (tertiary/aromatic N) is 1. The largest absolute Gasteiger partial charge is 0.487 e. The number of carbonyl (C=O) groups is 2. The maximum atomic E-state index is 13.3. The van der Waals surface area contributed by atoms with Crippen molar-refractivity contribution in [3.8, 4) is 5.75 Å². The first-order valence-corrected chi connectivity index (χ1v) is 12.8. The van der Waals surface area contributed by atoms with E-state index in [2.05, 4.69) is 38.1 Å². The van der Waals surface area contributed by atoms with Gasteiger partial charge < -0.3 is 14.7 Å². The Morgan fingerprint density at radius 3 is 2.47 bits per heavy atom. The molecule has 1 N–H and O–H groups in total. The third-order valence-electron chi connectivity index (χ3n) is 6.60. The van der Waals surface area contributed by atoms with Crippen LogP contribution in [0.25, 0.3) is 0 Å². The van der Waals surface area contributed by atoms with E-state index in [1.54, 1.807) is 24.3 Å². The van der Waals surface area contributed by atoms with Crippen LogP contribution in [-0.4, -0.2) is 34.0 Å². The minimum absolute atomic E-state index is 0.161. The zero-order valence-corrected chi connectivity index (χ0v) is 21.6. The first-order chi connectivity index (χ1) is 17.2. The van der Waals surface area contributed by atoms with Crippen molar-refractivity contribution >= 4 is 23.5 Å². The molecule has 1 aliphatic heterocycles. The normalized spacial score (nSPS) is 16.6. The summed E-state index contributed by atoms with van der Waals surface area (Å²) >= 11 is 6.07. The quantitative estimate of drug-likeness (QED) is 0.368. The Balaban J connectivity index is 1.48. The van der Waals surface area contributed by atoms with Crippen molar-refractivity contribution in [3.05, 3.63) is 99.6 Å². The molecule has 6 heteroatoms. The molecule has 1 atom stereocenters. The van der Waals surface area contributed by atoms with E-state index in [1.165, 1.54) is 16.0 Å². The predicted octanol–water partition coefficient (Wildman–Crippen LogP) is 6.35. The Bertz CT molecular complexity index is 1240. The molecule has 0 bridgehead atoms. The van der Waals surface area contributed by atoms with Crippen LogP contribution in [0.15, 0.2) is 66.7 Å². The Labute approximate surface area is 217 Å². The van der Waals surface area contributed by atoms with Crippen LogP contribution in [0.3, 0.4) is 0 Å². The molecule has 0 saturated carbocycles. The summed E-state index contributed by atoms with van der Waals surface area (Å²) in [5, 5.41) is 9.93. The number of carboxylic acid groups (broad SMARTS) is 1. The van der Waals surface area contributed by atoms with E-state index in [1.807, 2.05) is 18.2 Å². The van der Waals surface area contributed by atoms with Gasteiger partial charge in [0.05, 0.1) is 0 Å². The van der Waals surface area contributed by atoms with Crippen LogP contribution in [0.4, 0.5) is 0 Å². The molecule has 1 heterocycles. The third kappa shape index (κ3) is 6.46. The number of hydrogen-bond donors (Lipinski definition) is 1. The number of benzene rings is 3. The van der Waals surface area contributed by atoms with Gasteiger partial charge in [-0.25, -0.2) is 0 Å². The third-order valence-corrected chi connectivity index (χ3v) is 6.84. The van der Waals surface area contributed by atoms with Crippen molar-refractivity contribution in [2.24, 2.45) is 0 Å². The van der Waals surface area contributed by atoms with Crippen molar-refractivity contribution in [1.82, 2.24) is 4.90 Å². The Kier molecular flexibility index (Phi) is 8.00. The number of aryl methyl sites for hydroxylation is 2. The van der Waals surface area contributed by atoms with Crippen LogP contribution in [0.2, 0.25) is 5.02 Å². The van der Waals surface area contributed by atoms with E-state index in [0.717, 1.165) is 49.0 Å². The minimum atomic E-state index is -1.06. The van der Waals surface area contributed by atoms with Gasteiger partial charge in [0, 0.05) is 23.6 Å². The highest BCUT2D eigenvalue weighted by molar-refractivity contribution is 6.30. The molecule has 0 fully saturated rings. The van der Waals surface area contributed by atoms with Gasteiger partial charge in [-0.05, 0) is 78.8 Å². The van der Waals surface area contributed by atoms with Crippen molar-refractivity contribution in [2.45, 2.75) is 58.1 Å². The number of amides is 1. The highest BCUT2D eigenvalue weighted by atomic mass is 35.5. The molecular weight excluding hydrogens is 474 g/mol. The van der Waals surface area contributed by atoms with Crippen molar-refractivity contribution in [3.63, 3.8) is 0 Å². The molecule has 0 radical (unpaired) electrons. The lowest BCUT2D eigenvalue weighted by Gasteiger charge is -2.36. The van der Waals surface area contributed by atoms with Crippen LogP contribution in [0, 0.1) is 0 Å². The summed E-state index contributed by atoms with van der Waals surface area (Å²) in [6, 6.07) is 21.3. The number of carbonyl (C=O) groups excluding carboxylic acids is 1. The molecular formula is C30H32ClNO4. The first-order valence-electron chi connectivity index (χ1n) is 12.4. The second-order valence-corrected chi connectivity index (χ2v) is 10.2. The van der Waals surface area contributed by atoms with E-state index in [-0.39, 0.29) is 18.1 Å². The fraction of sp³-hybridized carbons (Fsp3) is 0.333. The van der Waals surface area contributed by atoms with Crippen LogP contribution >= 0.6 is 11.6 Å². The summed E-state index contributed by atoms with van der Waals surface area (Å²) in [4.78, 5) is 26.1. The monoisotopic (exact) mass is 505 g/mol. The van der Waals surface area contributed by atoms with Crippen molar-refractivity contribution in [1.29, 1.82) is 0 Å². The number of halogens is 1. The van der Waals surface area contributed by atoms with E-state index >= 15 is 0 Å². The maximum absolute atomic E-state index is 13.3. The van der Waals surface area contributed by atoms with Crippen LogP contribution in [0.5, 0.6) is 5.75 Å². The number of fused-ring (bicyclic) bond motifs is 1. The molecule has 0 aromatic heterocycles. The predicted molar refractivity (Wildman–Crippen MR) is 142 cm³/mol. The summed E-state index contributed by atoms with van der Waals surface area (Å²) in [6.45, 7) is 4.08. The topological polar surface area (TPSA) is 66.8 Å². The number of carboxylic acids is 1. The van der Waals surface area contributed by atoms with Gasteiger partial charge in [-0.2, -0.15) is 0 Å². The van der Waals surface area contributed by atoms with Crippen molar-refractivity contribution in [2.75, 3.05) is 6.54 Å². The van der Waals surface area contributed by atoms with Crippen molar-refractivity contribution < 1.29 is 19.4 Å². The van der Waals surface area contributed by atoms with Gasteiger partial charge in [-0.1, -0.05) is 61.3 Å². The average Bonchev–Trinajstić information content (AvgIpc) is 2.84. The second-order valence-electron chi connectivity index (χ2n) is 9.80. The fourth-order valence-corrected chi connectivity index (χ4v) is 5.01. The molecule has 0 unspecified atom stereocenters. The highest BCUT2D eigenvalue weighted by Gasteiger charge is 2.32. The number of aliphatic carboxylic acids is 1. The average molecular weight is 506 g/mol. The second kappa shape index (κ2) is 11.2. The summed E-state index contributed by atoms with van der Waals surface area (Å²) in [6.07, 6.45) is 4.65. The molecule has 1 amide bonds. The molecule has 0 saturated heterocycles. The van der Waals surface area contributed by atoms with Crippen LogP contribution in [-0.2, 0) is 30.6 Å². The van der Waals surface area contributed by atoms with E-state index in [0.29, 0.717) is 10.6 Å². The van der Waals surface area contributed by atoms with E-state index in [4.69, 9.17) is 16.3 Å². The summed E-state index contributed by atoms with van der Waals surface area (Å²) in [5.41, 5.74) is 4.47. The highest BCUT2D eigenvalue weighted by Crippen LogP contribution is 2.36. The molecule has 188 valence electrons. The molecule has 0 spiro atoms. The lowest BCUT2D eigenvalue weighted by atomic mass is 9.86. The number of ether oxygens (including phenoxy) is 1. The summed E-state index contributed by atoms with van der Waals surface area (Å²) in [7, 11) is 0. The summed E-state index contributed by atoms with van der Waals surface area (Å²) < 4.78 is 6.44. The standard InChI is InChI=1S/C30H32ClNO4/c1-3-5-21-8-10-22(11-9-21)18-30(2)15-14-24-17-25(12-13-27(24)36-30)29(35)32(20-28(33)34)19-23-6-4-7-26(31)16-23/h4,6-13,16-17H,3,5,14-15,18-20H2,1-2H3,(H,33,34)/t30-/m0/s1. The Morgan fingerprint density at radius 2 is 1.78 bits per heavy atom. The van der Waals surface area contributed by atoms with E-state index < -0.39 is 12.5 Å². The van der Waals surface area contributed by atoms with Gasteiger partial charge in [-0.15, -0.1) is 0 Å². The lowest BCUT2D eigenvalue weighted by Crippen LogP contribution is -2.39. The molecule has 5 nitrogen and oxygen atoms in total. The van der Waals surface area contributed by atoms with Crippen LogP contribution < -0.4 is 4.74 Å². The SMILES string of the molecule is CCCc1ccc(C[C@]2(C)CCc3cc(C(=O)N(CC(=O)O)Cc4cccc(Cl)c4)ccc3O2)cc1. The molecule has 1 aliphatic rings. The first kappa shape index (κ1) is 25.8. The minimum Gasteiger partial charge on any atom is -0.487 e. The number of rotatable bonds is 9. The van der Waals surface area contributed by atoms with Gasteiger partial charge in [-0.3, -0.25) is 9.59 Å². The molecule has 0 aliphatic carbocycles. The zero-order chi connectivity index (χ0) is 25.7. The molecule has 3 aromatic carbocycles. The van der Waals surface area contributed by atoms with Gasteiger partial charge in [0.1, 0.15) is 17.9 Å². The van der Waals surface area contributed by atoms with Gasteiger partial charge in [0.2, 0.25) is 0 Å². The van der Waals surface area contributed by atoms with Gasteiger partial charge in [0.25, 0.3) is 5.91 Å². The molecule has 4 rings (SSSR count). The molecule has 36 heavy (non-hydrogen) atoms. The summed E-state index contributed by atoms with van der Waals surface area (Å²) in [5.74, 6) is -0.617. The zero-order valence-electron chi connectivity index (χ0n) is 20.8. The van der Waals surface area contributed by atoms with Gasteiger partial charge in [0.15, 0.2) is 0 Å². The fourth-order valence-electron chi connectivity index (χ4n) is 4.79. The lowest BCUT2D eigenvalue weighted by molar-refractivity contribution is -0.137. The van der Waals surface area contributed by atoms with Crippen LogP contribution in [0.1, 0.15) is 59.3 Å². The number of hydrogen-bond acceptors (Lipinski definition) is 3. The maximum Gasteiger partial charge on any atom is 0.323 e. The Morgan fingerprint density at radius 1 is 1.03 bits per heavy atom. The van der Waals surface area contributed by atoms with Gasteiger partial charge >= 0.3 is 5.97 Å².